The van der Waals surface area contributed by atoms with E-state index in [1.54, 1.807) is 67.6 Å². The summed E-state index contributed by atoms with van der Waals surface area (Å²) >= 11 is 0. The molecule has 2 N–H and O–H groups in total. The van der Waals surface area contributed by atoms with Crippen LogP contribution < -0.4 is 10.6 Å². The molecule has 0 spiro atoms. The van der Waals surface area contributed by atoms with Crippen molar-refractivity contribution in [3.8, 4) is 0 Å². The Morgan fingerprint density at radius 2 is 1.44 bits per heavy atom. The molecular formula is C26H26N2O4. The van der Waals surface area contributed by atoms with Gasteiger partial charge in [-0.1, -0.05) is 66.2 Å². The molecule has 0 aliphatic rings. The average molecular weight is 431 g/mol. The number of esters is 1. The van der Waals surface area contributed by atoms with Crippen LogP contribution in [0, 0.1) is 6.92 Å². The summed E-state index contributed by atoms with van der Waals surface area (Å²) in [5, 5.41) is 5.57. The molecular weight excluding hydrogens is 404 g/mol. The molecule has 0 saturated heterocycles. The number of rotatable bonds is 8. The number of hydrogen-bond donors (Lipinski definition) is 2. The molecule has 0 saturated carbocycles. The van der Waals surface area contributed by atoms with E-state index in [1.807, 2.05) is 31.2 Å². The third kappa shape index (κ3) is 6.54. The van der Waals surface area contributed by atoms with Gasteiger partial charge in [0, 0.05) is 22.9 Å². The Kier molecular flexibility index (Phi) is 7.75. The van der Waals surface area contributed by atoms with Crippen LogP contribution in [0.4, 0.5) is 5.69 Å². The molecule has 0 aliphatic carbocycles. The Balaban J connectivity index is 1.65. The molecule has 3 aromatic carbocycles. The molecule has 0 aliphatic heterocycles. The molecule has 164 valence electrons. The standard InChI is InChI=1S/C26H26N2O4/c1-18-13-15-22(16-14-18)28-26(31)24(20-9-5-3-6-10-20)32-23(29)17-19(2)27-25(30)21-11-7-4-8-12-21/h3-16,19,24H,17H2,1-2H3,(H,27,30)(H,28,31). The van der Waals surface area contributed by atoms with Gasteiger partial charge >= 0.3 is 5.97 Å². The maximum atomic E-state index is 12.9. The van der Waals surface area contributed by atoms with E-state index in [0.29, 0.717) is 16.8 Å². The van der Waals surface area contributed by atoms with Crippen molar-refractivity contribution in [2.75, 3.05) is 5.32 Å². The van der Waals surface area contributed by atoms with Gasteiger partial charge in [0.1, 0.15) is 0 Å². The third-order valence-corrected chi connectivity index (χ3v) is 4.80. The van der Waals surface area contributed by atoms with Crippen LogP contribution >= 0.6 is 0 Å². The minimum atomic E-state index is -1.11. The largest absolute Gasteiger partial charge is 0.447 e. The minimum Gasteiger partial charge on any atom is -0.447 e. The van der Waals surface area contributed by atoms with Crippen molar-refractivity contribution in [1.29, 1.82) is 0 Å². The SMILES string of the molecule is Cc1ccc(NC(=O)C(OC(=O)CC(C)NC(=O)c2ccccc2)c2ccccc2)cc1. The zero-order chi connectivity index (χ0) is 22.9. The Bertz CT molecular complexity index is 1050. The van der Waals surface area contributed by atoms with E-state index in [9.17, 15) is 14.4 Å². The monoisotopic (exact) mass is 430 g/mol. The van der Waals surface area contributed by atoms with Crippen molar-refractivity contribution in [1.82, 2.24) is 5.32 Å². The number of ether oxygens (including phenoxy) is 1. The Labute approximate surface area is 187 Å². The number of carbonyl (C=O) groups excluding carboxylic acids is 3. The molecule has 2 unspecified atom stereocenters. The summed E-state index contributed by atoms with van der Waals surface area (Å²) in [5.41, 5.74) is 2.75. The second-order valence-corrected chi connectivity index (χ2v) is 7.58. The fraction of sp³-hybridized carbons (Fsp3) is 0.192. The second-order valence-electron chi connectivity index (χ2n) is 7.58. The summed E-state index contributed by atoms with van der Waals surface area (Å²) in [5.74, 6) is -1.31. The van der Waals surface area contributed by atoms with Crippen LogP contribution in [0.25, 0.3) is 0 Å². The predicted octanol–water partition coefficient (Wildman–Crippen LogP) is 4.43. The fourth-order valence-electron chi connectivity index (χ4n) is 3.12. The first-order chi connectivity index (χ1) is 15.4. The maximum absolute atomic E-state index is 12.9. The highest BCUT2D eigenvalue weighted by Gasteiger charge is 2.26. The molecule has 0 radical (unpaired) electrons. The summed E-state index contributed by atoms with van der Waals surface area (Å²) in [6, 6.07) is 24.5. The summed E-state index contributed by atoms with van der Waals surface area (Å²) in [6.45, 7) is 3.67. The molecule has 2 amide bonds. The fourth-order valence-corrected chi connectivity index (χ4v) is 3.12. The summed E-state index contributed by atoms with van der Waals surface area (Å²) in [6.07, 6.45) is -1.18. The van der Waals surface area contributed by atoms with Crippen molar-refractivity contribution in [3.63, 3.8) is 0 Å². The van der Waals surface area contributed by atoms with Gasteiger partial charge in [0.25, 0.3) is 11.8 Å². The molecule has 0 fully saturated rings. The lowest BCUT2D eigenvalue weighted by atomic mass is 10.1. The number of anilines is 1. The van der Waals surface area contributed by atoms with Crippen molar-refractivity contribution >= 4 is 23.5 Å². The summed E-state index contributed by atoms with van der Waals surface area (Å²) in [7, 11) is 0. The van der Waals surface area contributed by atoms with Gasteiger partial charge in [-0.25, -0.2) is 0 Å². The van der Waals surface area contributed by atoms with Crippen LogP contribution in [-0.2, 0) is 14.3 Å². The smallest absolute Gasteiger partial charge is 0.308 e. The molecule has 32 heavy (non-hydrogen) atoms. The molecule has 0 aromatic heterocycles. The summed E-state index contributed by atoms with van der Waals surface area (Å²) < 4.78 is 5.55. The first-order valence-electron chi connectivity index (χ1n) is 10.4. The van der Waals surface area contributed by atoms with Gasteiger partial charge in [0.05, 0.1) is 6.42 Å². The lowest BCUT2D eigenvalue weighted by Gasteiger charge is -2.20. The van der Waals surface area contributed by atoms with Crippen LogP contribution in [-0.4, -0.2) is 23.8 Å². The molecule has 0 heterocycles. The van der Waals surface area contributed by atoms with E-state index >= 15 is 0 Å². The zero-order valence-electron chi connectivity index (χ0n) is 18.1. The van der Waals surface area contributed by atoms with E-state index < -0.39 is 24.0 Å². The van der Waals surface area contributed by atoms with Crippen LogP contribution in [0.15, 0.2) is 84.9 Å². The Hall–Kier alpha value is -3.93. The van der Waals surface area contributed by atoms with E-state index in [4.69, 9.17) is 4.74 Å². The van der Waals surface area contributed by atoms with Crippen LogP contribution in [0.1, 0.15) is 40.9 Å². The highest BCUT2D eigenvalue weighted by molar-refractivity contribution is 5.96. The third-order valence-electron chi connectivity index (χ3n) is 4.80. The topological polar surface area (TPSA) is 84.5 Å². The normalized spacial score (nSPS) is 12.3. The predicted molar refractivity (Wildman–Crippen MR) is 123 cm³/mol. The van der Waals surface area contributed by atoms with Gasteiger partial charge in [-0.3, -0.25) is 14.4 Å². The van der Waals surface area contributed by atoms with Crippen LogP contribution in [0.5, 0.6) is 0 Å². The number of carbonyl (C=O) groups is 3. The van der Waals surface area contributed by atoms with E-state index in [0.717, 1.165) is 5.56 Å². The number of benzene rings is 3. The Morgan fingerprint density at radius 1 is 0.844 bits per heavy atom. The zero-order valence-corrected chi connectivity index (χ0v) is 18.1. The quantitative estimate of drug-likeness (QED) is 0.518. The average Bonchev–Trinajstić information content (AvgIpc) is 2.80. The number of nitrogens with one attached hydrogen (secondary N) is 2. The lowest BCUT2D eigenvalue weighted by molar-refractivity contribution is -0.155. The summed E-state index contributed by atoms with van der Waals surface area (Å²) in [4.78, 5) is 37.8. The number of amides is 2. The lowest BCUT2D eigenvalue weighted by Crippen LogP contribution is -2.35. The van der Waals surface area contributed by atoms with E-state index in [2.05, 4.69) is 10.6 Å². The molecule has 3 rings (SSSR count). The van der Waals surface area contributed by atoms with E-state index in [1.165, 1.54) is 0 Å². The van der Waals surface area contributed by atoms with Crippen molar-refractivity contribution in [2.24, 2.45) is 0 Å². The molecule has 6 nitrogen and oxygen atoms in total. The van der Waals surface area contributed by atoms with Crippen molar-refractivity contribution < 1.29 is 19.1 Å². The molecule has 6 heteroatoms. The van der Waals surface area contributed by atoms with Gasteiger partial charge < -0.3 is 15.4 Å². The first kappa shape index (κ1) is 22.7. The molecule has 2 atom stereocenters. The first-order valence-corrected chi connectivity index (χ1v) is 10.4. The highest BCUT2D eigenvalue weighted by Crippen LogP contribution is 2.21. The number of aryl methyl sites for hydroxylation is 1. The van der Waals surface area contributed by atoms with Gasteiger partial charge in [0.2, 0.25) is 6.10 Å². The van der Waals surface area contributed by atoms with E-state index in [-0.39, 0.29) is 12.3 Å². The second kappa shape index (κ2) is 10.9. The molecule has 3 aromatic rings. The minimum absolute atomic E-state index is 0.0697. The van der Waals surface area contributed by atoms with Gasteiger partial charge in [-0.2, -0.15) is 0 Å². The van der Waals surface area contributed by atoms with Crippen LogP contribution in [0.3, 0.4) is 0 Å². The Morgan fingerprint density at radius 3 is 2.06 bits per heavy atom. The maximum Gasteiger partial charge on any atom is 0.308 e. The van der Waals surface area contributed by atoms with Gasteiger partial charge in [-0.15, -0.1) is 0 Å². The van der Waals surface area contributed by atoms with Gasteiger partial charge in [-0.05, 0) is 38.1 Å². The number of hydrogen-bond acceptors (Lipinski definition) is 4. The van der Waals surface area contributed by atoms with Crippen molar-refractivity contribution in [3.05, 3.63) is 102 Å². The van der Waals surface area contributed by atoms with Gasteiger partial charge in [0.15, 0.2) is 0 Å². The van der Waals surface area contributed by atoms with Crippen molar-refractivity contribution in [2.45, 2.75) is 32.4 Å². The molecule has 0 bridgehead atoms. The highest BCUT2D eigenvalue weighted by atomic mass is 16.5. The van der Waals surface area contributed by atoms with Crippen LogP contribution in [0.2, 0.25) is 0 Å².